The van der Waals surface area contributed by atoms with Gasteiger partial charge in [0, 0.05) is 24.8 Å². The van der Waals surface area contributed by atoms with Crippen LogP contribution in [0.25, 0.3) is 0 Å². The highest BCUT2D eigenvalue weighted by atomic mass is 16.1. The van der Waals surface area contributed by atoms with Crippen molar-refractivity contribution in [3.05, 3.63) is 17.5 Å². The van der Waals surface area contributed by atoms with Gasteiger partial charge in [-0.25, -0.2) is 9.97 Å². The Labute approximate surface area is 113 Å². The highest BCUT2D eigenvalue weighted by Crippen LogP contribution is 2.23. The van der Waals surface area contributed by atoms with Gasteiger partial charge in [-0.05, 0) is 39.9 Å². The number of hydrogen-bond acceptors (Lipinski definition) is 5. The Morgan fingerprint density at radius 3 is 2.79 bits per heavy atom. The molecule has 1 amide bonds. The summed E-state index contributed by atoms with van der Waals surface area (Å²) in [6.07, 6.45) is 2.31. The van der Waals surface area contributed by atoms with E-state index in [2.05, 4.69) is 20.6 Å². The normalized spacial score (nSPS) is 14.5. The maximum Gasteiger partial charge on any atom is 0.270 e. The molecule has 6 heteroatoms. The SMILES string of the molecule is Cc1cc(C(=O)NCCN(C)C)nc(NC2CC2)n1. The summed E-state index contributed by atoms with van der Waals surface area (Å²) in [5.74, 6) is 0.409. The molecule has 0 spiro atoms. The number of carbonyl (C=O) groups is 1. The van der Waals surface area contributed by atoms with Crippen LogP contribution in [0.2, 0.25) is 0 Å². The summed E-state index contributed by atoms with van der Waals surface area (Å²) < 4.78 is 0. The van der Waals surface area contributed by atoms with E-state index in [4.69, 9.17) is 0 Å². The van der Waals surface area contributed by atoms with Crippen LogP contribution in [0.4, 0.5) is 5.95 Å². The van der Waals surface area contributed by atoms with Crippen molar-refractivity contribution in [1.29, 1.82) is 0 Å². The number of nitrogens with one attached hydrogen (secondary N) is 2. The van der Waals surface area contributed by atoms with Crippen LogP contribution in [0.5, 0.6) is 0 Å². The average Bonchev–Trinajstić information content (AvgIpc) is 3.11. The largest absolute Gasteiger partial charge is 0.351 e. The minimum absolute atomic E-state index is 0.147. The fourth-order valence-electron chi connectivity index (χ4n) is 1.64. The maximum atomic E-state index is 12.0. The first-order valence-corrected chi connectivity index (χ1v) is 6.60. The maximum absolute atomic E-state index is 12.0. The molecule has 0 bridgehead atoms. The zero-order valence-corrected chi connectivity index (χ0v) is 11.7. The fraction of sp³-hybridized carbons (Fsp3) is 0.615. The van der Waals surface area contributed by atoms with E-state index in [9.17, 15) is 4.79 Å². The molecule has 2 N–H and O–H groups in total. The van der Waals surface area contributed by atoms with Gasteiger partial charge in [-0.15, -0.1) is 0 Å². The van der Waals surface area contributed by atoms with Gasteiger partial charge < -0.3 is 15.5 Å². The van der Waals surface area contributed by atoms with Gasteiger partial charge in [0.25, 0.3) is 5.91 Å². The smallest absolute Gasteiger partial charge is 0.270 e. The molecule has 1 fully saturated rings. The molecule has 1 saturated carbocycles. The van der Waals surface area contributed by atoms with Gasteiger partial charge in [0.05, 0.1) is 0 Å². The van der Waals surface area contributed by atoms with Crippen molar-refractivity contribution < 1.29 is 4.79 Å². The van der Waals surface area contributed by atoms with Crippen LogP contribution in [0.1, 0.15) is 29.0 Å². The first-order valence-electron chi connectivity index (χ1n) is 6.60. The van der Waals surface area contributed by atoms with Gasteiger partial charge in [0.15, 0.2) is 0 Å². The lowest BCUT2D eigenvalue weighted by Gasteiger charge is -2.11. The molecule has 1 aromatic rings. The van der Waals surface area contributed by atoms with E-state index in [1.807, 2.05) is 25.9 Å². The quantitative estimate of drug-likeness (QED) is 0.788. The molecule has 0 aromatic carbocycles. The van der Waals surface area contributed by atoms with Crippen LogP contribution in [0.3, 0.4) is 0 Å². The van der Waals surface area contributed by atoms with Crippen molar-refractivity contribution in [3.8, 4) is 0 Å². The van der Waals surface area contributed by atoms with Crippen molar-refractivity contribution in [1.82, 2.24) is 20.2 Å². The van der Waals surface area contributed by atoms with Crippen molar-refractivity contribution >= 4 is 11.9 Å². The van der Waals surface area contributed by atoms with E-state index in [1.54, 1.807) is 6.07 Å². The van der Waals surface area contributed by atoms with Gasteiger partial charge >= 0.3 is 0 Å². The first kappa shape index (κ1) is 13.7. The third-order valence-corrected chi connectivity index (χ3v) is 2.84. The molecule has 1 aromatic heterocycles. The standard InChI is InChI=1S/C13H21N5O/c1-9-8-11(12(19)14-6-7-18(2)3)17-13(15-9)16-10-4-5-10/h8,10H,4-7H2,1-3H3,(H,14,19)(H,15,16,17). The molecule has 6 nitrogen and oxygen atoms in total. The van der Waals surface area contributed by atoms with Gasteiger partial charge in [-0.3, -0.25) is 4.79 Å². The van der Waals surface area contributed by atoms with E-state index in [1.165, 1.54) is 0 Å². The third kappa shape index (κ3) is 4.48. The highest BCUT2D eigenvalue weighted by Gasteiger charge is 2.22. The number of anilines is 1. The van der Waals surface area contributed by atoms with Crippen LogP contribution < -0.4 is 10.6 Å². The summed E-state index contributed by atoms with van der Waals surface area (Å²) in [5.41, 5.74) is 1.23. The van der Waals surface area contributed by atoms with Crippen molar-refractivity contribution in [2.45, 2.75) is 25.8 Å². The lowest BCUT2D eigenvalue weighted by Crippen LogP contribution is -2.32. The number of likely N-dealkylation sites (N-methyl/N-ethyl adjacent to an activating group) is 1. The minimum Gasteiger partial charge on any atom is -0.351 e. The van der Waals surface area contributed by atoms with Crippen LogP contribution in [-0.4, -0.2) is 54.0 Å². The molecule has 0 radical (unpaired) electrons. The molecule has 1 aliphatic carbocycles. The summed E-state index contributed by atoms with van der Waals surface area (Å²) in [6, 6.07) is 2.19. The molecular formula is C13H21N5O. The Morgan fingerprint density at radius 2 is 2.16 bits per heavy atom. The number of aromatic nitrogens is 2. The van der Waals surface area contributed by atoms with E-state index < -0.39 is 0 Å². The Bertz CT molecular complexity index is 456. The zero-order chi connectivity index (χ0) is 13.8. The number of rotatable bonds is 6. The van der Waals surface area contributed by atoms with Crippen LogP contribution in [0.15, 0.2) is 6.07 Å². The molecule has 0 unspecified atom stereocenters. The molecular weight excluding hydrogens is 242 g/mol. The van der Waals surface area contributed by atoms with E-state index in [0.717, 1.165) is 25.1 Å². The third-order valence-electron chi connectivity index (χ3n) is 2.84. The Hall–Kier alpha value is -1.69. The Kier molecular flexibility index (Phi) is 4.31. The minimum atomic E-state index is -0.147. The molecule has 19 heavy (non-hydrogen) atoms. The lowest BCUT2D eigenvalue weighted by molar-refractivity contribution is 0.0946. The topological polar surface area (TPSA) is 70.2 Å². The molecule has 0 aliphatic heterocycles. The summed E-state index contributed by atoms with van der Waals surface area (Å²) in [5, 5.41) is 6.07. The second-order valence-electron chi connectivity index (χ2n) is 5.20. The molecule has 104 valence electrons. The van der Waals surface area contributed by atoms with Crippen LogP contribution in [-0.2, 0) is 0 Å². The number of nitrogens with zero attached hydrogens (tertiary/aromatic N) is 3. The lowest BCUT2D eigenvalue weighted by atomic mass is 10.3. The van der Waals surface area contributed by atoms with Crippen LogP contribution >= 0.6 is 0 Å². The second kappa shape index (κ2) is 5.97. The van der Waals surface area contributed by atoms with Crippen LogP contribution in [0, 0.1) is 6.92 Å². The Balaban J connectivity index is 1.97. The molecule has 1 aliphatic rings. The fourth-order valence-corrected chi connectivity index (χ4v) is 1.64. The molecule has 1 heterocycles. The predicted octanol–water partition coefficient (Wildman–Crippen LogP) is 0.651. The van der Waals surface area contributed by atoms with Crippen molar-refractivity contribution in [2.75, 3.05) is 32.5 Å². The molecule has 0 saturated heterocycles. The van der Waals surface area contributed by atoms with Crippen molar-refractivity contribution in [3.63, 3.8) is 0 Å². The van der Waals surface area contributed by atoms with Gasteiger partial charge in [0.1, 0.15) is 5.69 Å². The van der Waals surface area contributed by atoms with Gasteiger partial charge in [-0.2, -0.15) is 0 Å². The first-order chi connectivity index (χ1) is 9.04. The average molecular weight is 263 g/mol. The molecule has 0 atom stereocenters. The summed E-state index contributed by atoms with van der Waals surface area (Å²) >= 11 is 0. The zero-order valence-electron chi connectivity index (χ0n) is 11.7. The van der Waals surface area contributed by atoms with E-state index in [0.29, 0.717) is 24.2 Å². The summed E-state index contributed by atoms with van der Waals surface area (Å²) in [6.45, 7) is 3.29. The van der Waals surface area contributed by atoms with E-state index >= 15 is 0 Å². The number of aryl methyl sites for hydroxylation is 1. The number of amides is 1. The summed E-state index contributed by atoms with van der Waals surface area (Å²) in [4.78, 5) is 22.6. The summed E-state index contributed by atoms with van der Waals surface area (Å²) in [7, 11) is 3.94. The highest BCUT2D eigenvalue weighted by molar-refractivity contribution is 5.92. The second-order valence-corrected chi connectivity index (χ2v) is 5.20. The van der Waals surface area contributed by atoms with Gasteiger partial charge in [0.2, 0.25) is 5.95 Å². The van der Waals surface area contributed by atoms with Gasteiger partial charge in [-0.1, -0.05) is 0 Å². The number of hydrogen-bond donors (Lipinski definition) is 2. The predicted molar refractivity (Wildman–Crippen MR) is 74.3 cm³/mol. The van der Waals surface area contributed by atoms with Crippen molar-refractivity contribution in [2.24, 2.45) is 0 Å². The molecule has 2 rings (SSSR count). The van der Waals surface area contributed by atoms with E-state index in [-0.39, 0.29) is 5.91 Å². The number of carbonyl (C=O) groups excluding carboxylic acids is 1. The monoisotopic (exact) mass is 263 g/mol. The Morgan fingerprint density at radius 1 is 1.42 bits per heavy atom.